The van der Waals surface area contributed by atoms with Crippen molar-refractivity contribution in [2.24, 2.45) is 5.92 Å². The van der Waals surface area contributed by atoms with Gasteiger partial charge in [-0.25, -0.2) is 0 Å². The Morgan fingerprint density at radius 2 is 1.89 bits per heavy atom. The van der Waals surface area contributed by atoms with E-state index in [1.807, 2.05) is 0 Å². The molecule has 0 bridgehead atoms. The first-order chi connectivity index (χ1) is 3.55. The molecule has 0 amide bonds. The molecule has 4 nitrogen and oxygen atoms in total. The van der Waals surface area contributed by atoms with Crippen molar-refractivity contribution in [1.82, 2.24) is 0 Å². The molecule has 0 aliphatic rings. The van der Waals surface area contributed by atoms with Crippen LogP contribution in [0.2, 0.25) is 0 Å². The Hall–Kier alpha value is 0.576. The Kier molecular flexibility index (Phi) is 7.32. The van der Waals surface area contributed by atoms with Gasteiger partial charge in [-0.2, -0.15) is 0 Å². The third kappa shape index (κ3) is 5.04. The van der Waals surface area contributed by atoms with E-state index in [0.29, 0.717) is 0 Å². The van der Waals surface area contributed by atoms with Crippen LogP contribution in [0.25, 0.3) is 0 Å². The van der Waals surface area contributed by atoms with E-state index in [2.05, 4.69) is 0 Å². The molecule has 0 aromatic heterocycles. The first-order valence-corrected chi connectivity index (χ1v) is 1.99. The first kappa shape index (κ1) is 12.3. The molecule has 0 heterocycles. The number of carbonyl (C=O) groups excluding carboxylic acids is 1. The molecule has 5 heteroatoms. The van der Waals surface area contributed by atoms with Crippen LogP contribution in [0.5, 0.6) is 0 Å². The van der Waals surface area contributed by atoms with Crippen LogP contribution >= 0.6 is 0 Å². The maximum Gasteiger partial charge on any atom is 1.00 e. The zero-order valence-electron chi connectivity index (χ0n) is 5.25. The molecule has 0 aliphatic carbocycles. The van der Waals surface area contributed by atoms with Crippen LogP contribution in [0.1, 0.15) is 6.92 Å². The Bertz CT molecular complexity index is 108. The zero-order chi connectivity index (χ0) is 6.73. The van der Waals surface area contributed by atoms with Crippen LogP contribution in [-0.2, 0) is 9.59 Å². The topological polar surface area (TPSA) is 77.4 Å². The number of carbonyl (C=O) groups is 2. The van der Waals surface area contributed by atoms with Gasteiger partial charge in [0.1, 0.15) is 0 Å². The molecule has 1 N–H and O–H groups in total. The fourth-order valence-corrected chi connectivity index (χ4v) is 0.101. The Balaban J connectivity index is 0. The maximum absolute atomic E-state index is 9.72. The maximum atomic E-state index is 9.72. The van der Waals surface area contributed by atoms with Gasteiger partial charge < -0.3 is 15.0 Å². The fourth-order valence-electron chi connectivity index (χ4n) is 0.101. The van der Waals surface area contributed by atoms with Gasteiger partial charge in [0.15, 0.2) is 0 Å². The molecule has 0 aromatic rings. The van der Waals surface area contributed by atoms with Crippen LogP contribution in [-0.4, -0.2) is 17.0 Å². The van der Waals surface area contributed by atoms with Gasteiger partial charge in [-0.1, -0.05) is 0 Å². The molecular weight excluding hydrogens is 151 g/mol. The summed E-state index contributed by atoms with van der Waals surface area (Å²) in [4.78, 5) is 19.4. The predicted molar refractivity (Wildman–Crippen MR) is 21.8 cm³/mol. The summed E-state index contributed by atoms with van der Waals surface area (Å²) < 4.78 is 0. The number of rotatable bonds is 2. The Labute approximate surface area is 94.7 Å². The fraction of sp³-hybridized carbons (Fsp3) is 0.500. The molecule has 0 saturated carbocycles. The largest absolute Gasteiger partial charge is 1.00 e. The van der Waals surface area contributed by atoms with E-state index in [1.54, 1.807) is 0 Å². The van der Waals surface area contributed by atoms with Crippen molar-refractivity contribution in [1.29, 1.82) is 0 Å². The summed E-state index contributed by atoms with van der Waals surface area (Å²) in [6, 6.07) is 0. The standard InChI is InChI=1S/C4H6O4.K/c1-2(3(5)6)4(7)8;/h2H,1H3,(H,5,6)(H,7,8);/q;+1/p-1. The van der Waals surface area contributed by atoms with E-state index in [9.17, 15) is 14.7 Å². The predicted octanol–water partition coefficient (Wildman–Crippen LogP) is -4.54. The van der Waals surface area contributed by atoms with Crippen molar-refractivity contribution in [3.05, 3.63) is 0 Å². The SMILES string of the molecule is CC(C(=O)[O-])C(=O)O.[K+]. The van der Waals surface area contributed by atoms with Gasteiger partial charge >= 0.3 is 57.4 Å². The summed E-state index contributed by atoms with van der Waals surface area (Å²) in [6.45, 7) is 1.05. The molecule has 0 radical (unpaired) electrons. The van der Waals surface area contributed by atoms with Gasteiger partial charge in [-0.05, 0) is 6.92 Å². The minimum Gasteiger partial charge on any atom is -0.549 e. The molecule has 0 saturated heterocycles. The van der Waals surface area contributed by atoms with Crippen molar-refractivity contribution in [2.45, 2.75) is 6.92 Å². The van der Waals surface area contributed by atoms with Crippen molar-refractivity contribution < 1.29 is 71.2 Å². The quantitative estimate of drug-likeness (QED) is 0.323. The average Bonchev–Trinajstić information content (AvgIpc) is 1.64. The molecule has 0 spiro atoms. The first-order valence-electron chi connectivity index (χ1n) is 1.99. The van der Waals surface area contributed by atoms with E-state index in [0.717, 1.165) is 6.92 Å². The summed E-state index contributed by atoms with van der Waals surface area (Å²) in [5, 5.41) is 17.6. The van der Waals surface area contributed by atoms with E-state index >= 15 is 0 Å². The second kappa shape index (κ2) is 5.37. The molecule has 9 heavy (non-hydrogen) atoms. The summed E-state index contributed by atoms with van der Waals surface area (Å²) in [5.74, 6) is -4.34. The van der Waals surface area contributed by atoms with Gasteiger partial charge in [0, 0.05) is 0 Å². The number of carboxylic acids is 2. The van der Waals surface area contributed by atoms with Gasteiger partial charge in [0.25, 0.3) is 0 Å². The molecule has 1 atom stereocenters. The molecule has 0 aromatic carbocycles. The molecule has 0 fully saturated rings. The minimum absolute atomic E-state index is 0. The van der Waals surface area contributed by atoms with Crippen molar-refractivity contribution in [2.75, 3.05) is 0 Å². The smallest absolute Gasteiger partial charge is 0.549 e. The van der Waals surface area contributed by atoms with E-state index in [4.69, 9.17) is 5.11 Å². The Morgan fingerprint density at radius 1 is 1.56 bits per heavy atom. The monoisotopic (exact) mass is 156 g/mol. The molecule has 1 unspecified atom stereocenters. The summed E-state index contributed by atoms with van der Waals surface area (Å²) in [7, 11) is 0. The van der Waals surface area contributed by atoms with Gasteiger partial charge in [0.2, 0.25) is 0 Å². The zero-order valence-corrected chi connectivity index (χ0v) is 8.37. The summed E-state index contributed by atoms with van der Waals surface area (Å²) in [5.41, 5.74) is 0. The van der Waals surface area contributed by atoms with Crippen LogP contribution < -0.4 is 56.5 Å². The molecule has 0 rings (SSSR count). The average molecular weight is 156 g/mol. The van der Waals surface area contributed by atoms with Gasteiger partial charge in [-0.3, -0.25) is 4.79 Å². The molecular formula is C4H5KO4. The number of aliphatic carboxylic acids is 2. The van der Waals surface area contributed by atoms with Gasteiger partial charge in [-0.15, -0.1) is 0 Å². The molecule has 0 aliphatic heterocycles. The number of hydrogen-bond donors (Lipinski definition) is 1. The van der Waals surface area contributed by atoms with Crippen molar-refractivity contribution in [3.63, 3.8) is 0 Å². The third-order valence-corrected chi connectivity index (χ3v) is 0.724. The van der Waals surface area contributed by atoms with Gasteiger partial charge in [0.05, 0.1) is 11.9 Å². The summed E-state index contributed by atoms with van der Waals surface area (Å²) >= 11 is 0. The number of carboxylic acid groups (broad SMARTS) is 2. The van der Waals surface area contributed by atoms with E-state index in [-0.39, 0.29) is 51.4 Å². The van der Waals surface area contributed by atoms with Crippen LogP contribution in [0.3, 0.4) is 0 Å². The van der Waals surface area contributed by atoms with E-state index in [1.165, 1.54) is 0 Å². The second-order valence-electron chi connectivity index (χ2n) is 1.38. The molecule has 46 valence electrons. The van der Waals surface area contributed by atoms with Crippen LogP contribution in [0, 0.1) is 5.92 Å². The normalized spacial score (nSPS) is 11.2. The van der Waals surface area contributed by atoms with E-state index < -0.39 is 17.9 Å². The minimum atomic E-state index is -1.56. The number of hydrogen-bond acceptors (Lipinski definition) is 3. The Morgan fingerprint density at radius 3 is 1.89 bits per heavy atom. The second-order valence-corrected chi connectivity index (χ2v) is 1.38. The van der Waals surface area contributed by atoms with Crippen LogP contribution in [0.4, 0.5) is 0 Å². The van der Waals surface area contributed by atoms with Crippen molar-refractivity contribution in [3.8, 4) is 0 Å². The summed E-state index contributed by atoms with van der Waals surface area (Å²) in [6.07, 6.45) is 0. The van der Waals surface area contributed by atoms with Crippen LogP contribution in [0.15, 0.2) is 0 Å². The third-order valence-electron chi connectivity index (χ3n) is 0.724. The van der Waals surface area contributed by atoms with Crippen molar-refractivity contribution >= 4 is 11.9 Å².